The van der Waals surface area contributed by atoms with E-state index in [1.807, 2.05) is 0 Å². The average molecular weight is 512 g/mol. The van der Waals surface area contributed by atoms with Crippen molar-refractivity contribution in [3.63, 3.8) is 0 Å². The van der Waals surface area contributed by atoms with Crippen molar-refractivity contribution in [1.82, 2.24) is 10.6 Å². The van der Waals surface area contributed by atoms with E-state index < -0.39 is 41.3 Å². The zero-order chi connectivity index (χ0) is 25.6. The Balaban J connectivity index is 2.38. The predicted octanol–water partition coefficient (Wildman–Crippen LogP) is 1.63. The smallest absolute Gasteiger partial charge is 0.416 e. The van der Waals surface area contributed by atoms with Crippen LogP contribution in [0, 0.1) is 0 Å². The summed E-state index contributed by atoms with van der Waals surface area (Å²) in [6.07, 6.45) is -4.98. The van der Waals surface area contributed by atoms with Crippen LogP contribution in [0.3, 0.4) is 0 Å². The zero-order valence-electron chi connectivity index (χ0n) is 18.0. The molecule has 0 fully saturated rings. The number of hydrogen-bond acceptors (Lipinski definition) is 6. The van der Waals surface area contributed by atoms with Gasteiger partial charge in [-0.1, -0.05) is 0 Å². The van der Waals surface area contributed by atoms with Gasteiger partial charge in [-0.2, -0.15) is 13.2 Å². The highest BCUT2D eigenvalue weighted by atomic mass is 35.5. The number of carbonyl (C=O) groups is 4. The van der Waals surface area contributed by atoms with E-state index in [2.05, 4.69) is 16.0 Å². The van der Waals surface area contributed by atoms with Gasteiger partial charge in [0.05, 0.1) is 38.4 Å². The second-order valence-electron chi connectivity index (χ2n) is 6.70. The lowest BCUT2D eigenvalue weighted by Gasteiger charge is -2.13. The Hall–Kier alpha value is -2.90. The van der Waals surface area contributed by atoms with Crippen LogP contribution in [-0.2, 0) is 30.0 Å². The highest BCUT2D eigenvalue weighted by Gasteiger charge is 2.32. The first-order chi connectivity index (χ1) is 16.0. The van der Waals surface area contributed by atoms with Crippen LogP contribution in [0.4, 0.5) is 18.9 Å². The zero-order valence-corrected chi connectivity index (χ0v) is 18.8. The maximum absolute atomic E-state index is 13.1. The van der Waals surface area contributed by atoms with Gasteiger partial charge in [-0.3, -0.25) is 19.2 Å². The lowest BCUT2D eigenvalue weighted by molar-refractivity contribution is -0.138. The SMILES string of the molecule is O=C(O)CCOCCOCCNC(=O)CCNC(=O)c1cc(NC(=O)CCl)cc(C(F)(F)F)c1. The lowest BCUT2D eigenvalue weighted by Crippen LogP contribution is -2.32. The Morgan fingerprint density at radius 3 is 2.18 bits per heavy atom. The van der Waals surface area contributed by atoms with E-state index in [0.717, 1.165) is 6.07 Å². The molecule has 0 bridgehead atoms. The van der Waals surface area contributed by atoms with Crippen molar-refractivity contribution >= 4 is 41.0 Å². The molecule has 1 aromatic rings. The van der Waals surface area contributed by atoms with Crippen LogP contribution < -0.4 is 16.0 Å². The summed E-state index contributed by atoms with van der Waals surface area (Å²) in [5, 5.41) is 15.5. The molecule has 0 saturated heterocycles. The first kappa shape index (κ1) is 29.1. The number of carboxylic acid groups (broad SMARTS) is 1. The Morgan fingerprint density at radius 2 is 1.56 bits per heavy atom. The van der Waals surface area contributed by atoms with E-state index in [-0.39, 0.29) is 63.6 Å². The molecular weight excluding hydrogens is 487 g/mol. The molecular formula is C20H25ClF3N3O7. The van der Waals surface area contributed by atoms with Crippen LogP contribution in [0.15, 0.2) is 18.2 Å². The quantitative estimate of drug-likeness (QED) is 0.207. The molecule has 34 heavy (non-hydrogen) atoms. The minimum absolute atomic E-state index is 0.0744. The van der Waals surface area contributed by atoms with Crippen LogP contribution in [-0.4, -0.2) is 74.2 Å². The third-order valence-electron chi connectivity index (χ3n) is 3.97. The van der Waals surface area contributed by atoms with Crippen molar-refractivity contribution in [1.29, 1.82) is 0 Å². The van der Waals surface area contributed by atoms with Gasteiger partial charge in [-0.05, 0) is 18.2 Å². The fourth-order valence-corrected chi connectivity index (χ4v) is 2.48. The standard InChI is InChI=1S/C20H25ClF3N3O7/c21-12-17(29)27-15-10-13(9-14(11-15)20(22,23)24)19(32)26-3-1-16(28)25-4-6-34-8-7-33-5-2-18(30)31/h9-11H,1-8,12H2,(H,25,28)(H,26,32)(H,27,29)(H,30,31). The van der Waals surface area contributed by atoms with Crippen molar-refractivity contribution < 1.29 is 46.9 Å². The van der Waals surface area contributed by atoms with Crippen LogP contribution in [0.1, 0.15) is 28.8 Å². The molecule has 0 aliphatic rings. The van der Waals surface area contributed by atoms with Crippen molar-refractivity contribution in [3.05, 3.63) is 29.3 Å². The molecule has 0 spiro atoms. The lowest BCUT2D eigenvalue weighted by atomic mass is 10.1. The van der Waals surface area contributed by atoms with E-state index in [0.29, 0.717) is 12.1 Å². The number of ether oxygens (including phenoxy) is 2. The molecule has 14 heteroatoms. The average Bonchev–Trinajstić information content (AvgIpc) is 2.76. The number of carbonyl (C=O) groups excluding carboxylic acids is 3. The summed E-state index contributed by atoms with van der Waals surface area (Å²) >= 11 is 5.34. The van der Waals surface area contributed by atoms with Gasteiger partial charge in [0.25, 0.3) is 5.91 Å². The molecule has 0 radical (unpaired) electrons. The van der Waals surface area contributed by atoms with Gasteiger partial charge in [0.1, 0.15) is 5.88 Å². The van der Waals surface area contributed by atoms with Crippen LogP contribution >= 0.6 is 11.6 Å². The largest absolute Gasteiger partial charge is 0.481 e. The highest BCUT2D eigenvalue weighted by molar-refractivity contribution is 6.29. The molecule has 1 aromatic carbocycles. The van der Waals surface area contributed by atoms with Gasteiger partial charge in [0, 0.05) is 30.8 Å². The van der Waals surface area contributed by atoms with Crippen molar-refractivity contribution in [2.24, 2.45) is 0 Å². The number of benzene rings is 1. The summed E-state index contributed by atoms with van der Waals surface area (Å²) < 4.78 is 49.5. The third kappa shape index (κ3) is 12.4. The van der Waals surface area contributed by atoms with Gasteiger partial charge in [0.2, 0.25) is 11.8 Å². The number of rotatable bonds is 15. The number of halogens is 4. The van der Waals surface area contributed by atoms with Gasteiger partial charge in [0.15, 0.2) is 0 Å². The van der Waals surface area contributed by atoms with E-state index >= 15 is 0 Å². The molecule has 10 nitrogen and oxygen atoms in total. The molecule has 0 atom stereocenters. The number of amides is 3. The Labute approximate surface area is 198 Å². The first-order valence-electron chi connectivity index (χ1n) is 10.0. The number of carboxylic acids is 1. The van der Waals surface area contributed by atoms with Gasteiger partial charge in [-0.15, -0.1) is 11.6 Å². The number of aliphatic carboxylic acids is 1. The van der Waals surface area contributed by atoms with Crippen LogP contribution in [0.5, 0.6) is 0 Å². The molecule has 3 amide bonds. The number of alkyl halides is 4. The van der Waals surface area contributed by atoms with Gasteiger partial charge in [-0.25, -0.2) is 0 Å². The van der Waals surface area contributed by atoms with Crippen molar-refractivity contribution in [2.45, 2.75) is 19.0 Å². The first-order valence-corrected chi connectivity index (χ1v) is 10.6. The van der Waals surface area contributed by atoms with Crippen molar-refractivity contribution in [2.75, 3.05) is 50.7 Å². The molecule has 0 unspecified atom stereocenters. The molecule has 4 N–H and O–H groups in total. The van der Waals surface area contributed by atoms with E-state index in [1.165, 1.54) is 0 Å². The summed E-state index contributed by atoms with van der Waals surface area (Å²) in [6, 6.07) is 2.38. The number of anilines is 1. The maximum atomic E-state index is 13.1. The molecule has 1 rings (SSSR count). The maximum Gasteiger partial charge on any atom is 0.416 e. The minimum Gasteiger partial charge on any atom is -0.481 e. The molecule has 0 aliphatic carbocycles. The molecule has 0 heterocycles. The Morgan fingerprint density at radius 1 is 0.882 bits per heavy atom. The van der Waals surface area contributed by atoms with Crippen LogP contribution in [0.2, 0.25) is 0 Å². The number of hydrogen-bond donors (Lipinski definition) is 4. The molecule has 0 aromatic heterocycles. The minimum atomic E-state index is -4.75. The molecule has 0 saturated carbocycles. The number of nitrogens with one attached hydrogen (secondary N) is 3. The summed E-state index contributed by atoms with van der Waals surface area (Å²) in [5.74, 6) is -3.44. The van der Waals surface area contributed by atoms with E-state index in [9.17, 15) is 32.3 Å². The van der Waals surface area contributed by atoms with Crippen molar-refractivity contribution in [3.8, 4) is 0 Å². The van der Waals surface area contributed by atoms with E-state index in [4.69, 9.17) is 26.2 Å². The summed E-state index contributed by atoms with van der Waals surface area (Å²) in [7, 11) is 0. The second-order valence-corrected chi connectivity index (χ2v) is 6.97. The summed E-state index contributed by atoms with van der Waals surface area (Å²) in [5.41, 5.74) is -1.72. The molecule has 190 valence electrons. The summed E-state index contributed by atoms with van der Waals surface area (Å²) in [4.78, 5) is 45.7. The van der Waals surface area contributed by atoms with Gasteiger partial charge < -0.3 is 30.5 Å². The Kier molecular flexibility index (Phi) is 12.9. The highest BCUT2D eigenvalue weighted by Crippen LogP contribution is 2.32. The summed E-state index contributed by atoms with van der Waals surface area (Å²) in [6.45, 7) is 0.726. The van der Waals surface area contributed by atoms with Gasteiger partial charge >= 0.3 is 12.1 Å². The fraction of sp³-hybridized carbons (Fsp3) is 0.500. The normalized spacial score (nSPS) is 11.1. The third-order valence-corrected chi connectivity index (χ3v) is 4.21. The fourth-order valence-electron chi connectivity index (χ4n) is 2.41. The van der Waals surface area contributed by atoms with E-state index in [1.54, 1.807) is 0 Å². The monoisotopic (exact) mass is 511 g/mol. The second kappa shape index (κ2) is 15.1. The topological polar surface area (TPSA) is 143 Å². The van der Waals surface area contributed by atoms with Crippen LogP contribution in [0.25, 0.3) is 0 Å². The molecule has 0 aliphatic heterocycles. The Bertz CT molecular complexity index is 853. The predicted molar refractivity (Wildman–Crippen MR) is 115 cm³/mol.